The Labute approximate surface area is 121 Å². The van der Waals surface area contributed by atoms with Crippen molar-refractivity contribution in [2.75, 3.05) is 31.7 Å². The molecule has 0 atom stereocenters. The fourth-order valence-corrected chi connectivity index (χ4v) is 2.15. The van der Waals surface area contributed by atoms with Gasteiger partial charge in [0.05, 0.1) is 6.61 Å². The molecule has 0 radical (unpaired) electrons. The maximum absolute atomic E-state index is 5.67. The molecule has 2 aliphatic carbocycles. The molecule has 0 amide bonds. The molecule has 4 nitrogen and oxygen atoms in total. The number of hydrogen-bond acceptors (Lipinski definition) is 4. The average molecular weight is 275 g/mol. The van der Waals surface area contributed by atoms with Crippen molar-refractivity contribution in [2.24, 2.45) is 5.92 Å². The lowest BCUT2D eigenvalue weighted by Gasteiger charge is -2.18. The van der Waals surface area contributed by atoms with E-state index in [9.17, 15) is 0 Å². The van der Waals surface area contributed by atoms with E-state index in [2.05, 4.69) is 34.4 Å². The Bertz CT molecular complexity index is 412. The summed E-state index contributed by atoms with van der Waals surface area (Å²) in [4.78, 5) is 6.69. The number of anilines is 1. The van der Waals surface area contributed by atoms with E-state index in [1.165, 1.54) is 31.2 Å². The first kappa shape index (κ1) is 13.8. The topological polar surface area (TPSA) is 37.4 Å². The minimum absolute atomic E-state index is 0.751. The Morgan fingerprint density at radius 1 is 1.30 bits per heavy atom. The molecule has 1 heterocycles. The van der Waals surface area contributed by atoms with Crippen molar-refractivity contribution in [3.8, 4) is 0 Å². The van der Waals surface area contributed by atoms with Crippen LogP contribution in [-0.4, -0.2) is 37.8 Å². The summed E-state index contributed by atoms with van der Waals surface area (Å²) < 4.78 is 5.67. The van der Waals surface area contributed by atoms with Crippen LogP contribution in [0.4, 0.5) is 5.82 Å². The van der Waals surface area contributed by atoms with Gasteiger partial charge in [0.15, 0.2) is 0 Å². The molecule has 0 aliphatic heterocycles. The van der Waals surface area contributed by atoms with Gasteiger partial charge in [0.25, 0.3) is 0 Å². The zero-order valence-electron chi connectivity index (χ0n) is 12.3. The largest absolute Gasteiger partial charge is 0.379 e. The second-order valence-corrected chi connectivity index (χ2v) is 6.12. The highest BCUT2D eigenvalue weighted by Crippen LogP contribution is 2.28. The standard InChI is InChI=1S/C16H25N3O/c1-19(8-9-20-12-13-2-3-13)16-7-4-14(11-18-16)10-17-15-5-6-15/h4,7,11,13,15,17H,2-3,5-6,8-10,12H2,1H3. The minimum atomic E-state index is 0.751. The van der Waals surface area contributed by atoms with Gasteiger partial charge in [-0.3, -0.25) is 0 Å². The third kappa shape index (κ3) is 4.46. The molecule has 0 unspecified atom stereocenters. The van der Waals surface area contributed by atoms with E-state index in [1.807, 2.05) is 6.20 Å². The molecule has 0 bridgehead atoms. The Kier molecular flexibility index (Phi) is 4.53. The Morgan fingerprint density at radius 3 is 2.80 bits per heavy atom. The SMILES string of the molecule is CN(CCOCC1CC1)c1ccc(CNC2CC2)cn1. The molecule has 2 fully saturated rings. The van der Waals surface area contributed by atoms with Gasteiger partial charge in [-0.25, -0.2) is 4.98 Å². The summed E-state index contributed by atoms with van der Waals surface area (Å²) in [6.07, 6.45) is 7.35. The Hall–Kier alpha value is -1.13. The zero-order chi connectivity index (χ0) is 13.8. The van der Waals surface area contributed by atoms with E-state index in [4.69, 9.17) is 4.74 Å². The van der Waals surface area contributed by atoms with E-state index in [0.29, 0.717) is 0 Å². The lowest BCUT2D eigenvalue weighted by molar-refractivity contribution is 0.131. The highest BCUT2D eigenvalue weighted by Gasteiger charge is 2.21. The predicted octanol–water partition coefficient (Wildman–Crippen LogP) is 2.20. The van der Waals surface area contributed by atoms with Gasteiger partial charge in [-0.15, -0.1) is 0 Å². The molecule has 4 heteroatoms. The lowest BCUT2D eigenvalue weighted by Crippen LogP contribution is -2.24. The van der Waals surface area contributed by atoms with Crippen molar-refractivity contribution in [3.63, 3.8) is 0 Å². The number of pyridine rings is 1. The molecule has 2 saturated carbocycles. The van der Waals surface area contributed by atoms with Crippen LogP contribution in [0.5, 0.6) is 0 Å². The van der Waals surface area contributed by atoms with Gasteiger partial charge in [0.2, 0.25) is 0 Å². The van der Waals surface area contributed by atoms with Crippen molar-refractivity contribution in [1.29, 1.82) is 0 Å². The smallest absolute Gasteiger partial charge is 0.128 e. The molecule has 1 aromatic rings. The van der Waals surface area contributed by atoms with Gasteiger partial charge >= 0.3 is 0 Å². The van der Waals surface area contributed by atoms with Crippen molar-refractivity contribution in [3.05, 3.63) is 23.9 Å². The molecule has 20 heavy (non-hydrogen) atoms. The van der Waals surface area contributed by atoms with Crippen molar-refractivity contribution >= 4 is 5.82 Å². The second kappa shape index (κ2) is 6.55. The van der Waals surface area contributed by atoms with Gasteiger partial charge in [-0.05, 0) is 43.2 Å². The number of nitrogens with zero attached hydrogens (tertiary/aromatic N) is 2. The van der Waals surface area contributed by atoms with Gasteiger partial charge in [-0.1, -0.05) is 6.07 Å². The van der Waals surface area contributed by atoms with Crippen molar-refractivity contribution < 1.29 is 4.74 Å². The van der Waals surface area contributed by atoms with Crippen LogP contribution in [0.3, 0.4) is 0 Å². The molecule has 2 aliphatic rings. The maximum Gasteiger partial charge on any atom is 0.128 e. The van der Waals surface area contributed by atoms with Crippen LogP contribution in [0, 0.1) is 5.92 Å². The summed E-state index contributed by atoms with van der Waals surface area (Å²) in [6.45, 7) is 3.57. The molecule has 0 spiro atoms. The molecule has 110 valence electrons. The fraction of sp³-hybridized carbons (Fsp3) is 0.688. The maximum atomic E-state index is 5.67. The van der Waals surface area contributed by atoms with Crippen molar-refractivity contribution in [2.45, 2.75) is 38.3 Å². The summed E-state index contributed by atoms with van der Waals surface area (Å²) in [5.74, 6) is 1.87. The second-order valence-electron chi connectivity index (χ2n) is 6.12. The highest BCUT2D eigenvalue weighted by atomic mass is 16.5. The van der Waals surface area contributed by atoms with Gasteiger partial charge < -0.3 is 15.0 Å². The summed E-state index contributed by atoms with van der Waals surface area (Å²) in [5.41, 5.74) is 1.26. The molecular formula is C16H25N3O. The lowest BCUT2D eigenvalue weighted by atomic mass is 10.2. The summed E-state index contributed by atoms with van der Waals surface area (Å²) >= 11 is 0. The number of aromatic nitrogens is 1. The zero-order valence-corrected chi connectivity index (χ0v) is 12.3. The molecule has 1 N–H and O–H groups in total. The minimum Gasteiger partial charge on any atom is -0.379 e. The van der Waals surface area contributed by atoms with Crippen molar-refractivity contribution in [1.82, 2.24) is 10.3 Å². The predicted molar refractivity (Wildman–Crippen MR) is 80.9 cm³/mol. The summed E-state index contributed by atoms with van der Waals surface area (Å²) in [5, 5.41) is 3.51. The first-order valence-corrected chi connectivity index (χ1v) is 7.78. The summed E-state index contributed by atoms with van der Waals surface area (Å²) in [6, 6.07) is 5.02. The van der Waals surface area contributed by atoms with Gasteiger partial charge in [-0.2, -0.15) is 0 Å². The highest BCUT2D eigenvalue weighted by molar-refractivity contribution is 5.38. The van der Waals surface area contributed by atoms with E-state index < -0.39 is 0 Å². The Balaban J connectivity index is 1.38. The quantitative estimate of drug-likeness (QED) is 0.701. The monoisotopic (exact) mass is 275 g/mol. The fourth-order valence-electron chi connectivity index (χ4n) is 2.15. The number of hydrogen-bond donors (Lipinski definition) is 1. The van der Waals surface area contributed by atoms with E-state index in [-0.39, 0.29) is 0 Å². The summed E-state index contributed by atoms with van der Waals surface area (Å²) in [7, 11) is 2.07. The molecule has 0 saturated heterocycles. The van der Waals surface area contributed by atoms with Crippen LogP contribution in [0.25, 0.3) is 0 Å². The van der Waals surface area contributed by atoms with Gasteiger partial charge in [0, 0.05) is 39.0 Å². The Morgan fingerprint density at radius 2 is 2.15 bits per heavy atom. The number of likely N-dealkylation sites (N-methyl/N-ethyl adjacent to an activating group) is 1. The molecule has 1 aromatic heterocycles. The number of nitrogens with one attached hydrogen (secondary N) is 1. The van der Waals surface area contributed by atoms with Crippen LogP contribution in [-0.2, 0) is 11.3 Å². The first-order valence-electron chi connectivity index (χ1n) is 7.78. The molecule has 0 aromatic carbocycles. The normalized spacial score (nSPS) is 18.2. The first-order chi connectivity index (χ1) is 9.81. The number of rotatable bonds is 9. The number of ether oxygens (including phenoxy) is 1. The van der Waals surface area contributed by atoms with Crippen LogP contribution >= 0.6 is 0 Å². The van der Waals surface area contributed by atoms with Crippen LogP contribution in [0.2, 0.25) is 0 Å². The van der Waals surface area contributed by atoms with Gasteiger partial charge in [0.1, 0.15) is 5.82 Å². The average Bonchev–Trinajstić information content (AvgIpc) is 3.36. The van der Waals surface area contributed by atoms with E-state index in [0.717, 1.165) is 44.1 Å². The van der Waals surface area contributed by atoms with E-state index in [1.54, 1.807) is 0 Å². The molecular weight excluding hydrogens is 250 g/mol. The third-order valence-corrected chi connectivity index (χ3v) is 3.99. The third-order valence-electron chi connectivity index (χ3n) is 3.99. The van der Waals surface area contributed by atoms with E-state index >= 15 is 0 Å². The van der Waals surface area contributed by atoms with Crippen LogP contribution < -0.4 is 10.2 Å². The van der Waals surface area contributed by atoms with Crippen LogP contribution in [0.1, 0.15) is 31.2 Å². The van der Waals surface area contributed by atoms with Crippen LogP contribution in [0.15, 0.2) is 18.3 Å². The molecule has 3 rings (SSSR count).